The highest BCUT2D eigenvalue weighted by molar-refractivity contribution is 5.98. The molecule has 0 heterocycles. The van der Waals surface area contributed by atoms with Gasteiger partial charge in [0.1, 0.15) is 0 Å². The molecule has 0 spiro atoms. The molecule has 1 aliphatic rings. The van der Waals surface area contributed by atoms with Crippen molar-refractivity contribution < 1.29 is 24.5 Å². The average molecular weight is 202 g/mol. The minimum atomic E-state index is -1.64. The van der Waals surface area contributed by atoms with E-state index in [0.717, 1.165) is 6.42 Å². The zero-order chi connectivity index (χ0) is 10.8. The van der Waals surface area contributed by atoms with E-state index in [4.69, 9.17) is 14.9 Å². The number of carboxylic acid groups (broad SMARTS) is 2. The molecule has 0 bridgehead atoms. The van der Waals surface area contributed by atoms with E-state index in [-0.39, 0.29) is 18.9 Å². The van der Waals surface area contributed by atoms with Crippen molar-refractivity contribution in [2.24, 2.45) is 5.41 Å². The van der Waals surface area contributed by atoms with E-state index in [1.54, 1.807) is 0 Å². The third-order valence-corrected chi connectivity index (χ3v) is 2.86. The van der Waals surface area contributed by atoms with E-state index in [9.17, 15) is 9.59 Å². The fourth-order valence-corrected chi connectivity index (χ4v) is 1.91. The first-order valence-electron chi connectivity index (χ1n) is 4.52. The summed E-state index contributed by atoms with van der Waals surface area (Å²) in [7, 11) is 1.48. The van der Waals surface area contributed by atoms with Crippen molar-refractivity contribution in [3.8, 4) is 0 Å². The molecule has 0 aromatic carbocycles. The van der Waals surface area contributed by atoms with E-state index in [1.165, 1.54) is 7.11 Å². The van der Waals surface area contributed by atoms with Crippen molar-refractivity contribution in [2.45, 2.75) is 31.8 Å². The van der Waals surface area contributed by atoms with Crippen LogP contribution in [0.5, 0.6) is 0 Å². The molecule has 1 saturated carbocycles. The SMILES string of the molecule is COC1CCCC(C(=O)O)(C(=O)O)C1. The van der Waals surface area contributed by atoms with Crippen LogP contribution in [0.4, 0.5) is 0 Å². The van der Waals surface area contributed by atoms with Crippen LogP contribution in [0, 0.1) is 5.41 Å². The molecule has 1 unspecified atom stereocenters. The Morgan fingerprint density at radius 1 is 1.36 bits per heavy atom. The van der Waals surface area contributed by atoms with Crippen LogP contribution in [0.2, 0.25) is 0 Å². The molecule has 0 amide bonds. The summed E-state index contributed by atoms with van der Waals surface area (Å²) in [5.74, 6) is -2.52. The first-order valence-corrected chi connectivity index (χ1v) is 4.52. The quantitative estimate of drug-likeness (QED) is 0.659. The maximum atomic E-state index is 10.9. The highest BCUT2D eigenvalue weighted by atomic mass is 16.5. The van der Waals surface area contributed by atoms with Crippen LogP contribution in [0.3, 0.4) is 0 Å². The molecule has 5 heteroatoms. The fraction of sp³-hybridized carbons (Fsp3) is 0.778. The van der Waals surface area contributed by atoms with Crippen molar-refractivity contribution in [1.29, 1.82) is 0 Å². The van der Waals surface area contributed by atoms with E-state index in [0.29, 0.717) is 6.42 Å². The van der Waals surface area contributed by atoms with Gasteiger partial charge in [0.25, 0.3) is 0 Å². The summed E-state index contributed by atoms with van der Waals surface area (Å²) in [4.78, 5) is 21.9. The minimum Gasteiger partial charge on any atom is -0.480 e. The monoisotopic (exact) mass is 202 g/mol. The number of aliphatic carboxylic acids is 2. The van der Waals surface area contributed by atoms with Gasteiger partial charge in [0.05, 0.1) is 6.10 Å². The standard InChI is InChI=1S/C9H14O5/c1-14-6-3-2-4-9(5-6,7(10)11)8(12)13/h6H,2-5H2,1H3,(H,10,11)(H,12,13). The Balaban J connectivity index is 2.87. The van der Waals surface area contributed by atoms with Crippen LogP contribution >= 0.6 is 0 Å². The summed E-state index contributed by atoms with van der Waals surface area (Å²) < 4.78 is 5.02. The maximum Gasteiger partial charge on any atom is 0.321 e. The molecule has 1 atom stereocenters. The number of rotatable bonds is 3. The largest absolute Gasteiger partial charge is 0.480 e. The Morgan fingerprint density at radius 3 is 2.36 bits per heavy atom. The first kappa shape index (κ1) is 11.0. The summed E-state index contributed by atoms with van der Waals surface area (Å²) in [6.45, 7) is 0. The van der Waals surface area contributed by atoms with Gasteiger partial charge in [-0.25, -0.2) is 0 Å². The maximum absolute atomic E-state index is 10.9. The Labute approximate surface area is 81.7 Å². The molecule has 1 rings (SSSR count). The van der Waals surface area contributed by atoms with Gasteiger partial charge in [-0.1, -0.05) is 0 Å². The Bertz CT molecular complexity index is 234. The molecule has 0 aromatic rings. The molecule has 0 aromatic heterocycles. The van der Waals surface area contributed by atoms with Crippen LogP contribution in [0.1, 0.15) is 25.7 Å². The second-order valence-corrected chi connectivity index (χ2v) is 3.65. The second-order valence-electron chi connectivity index (χ2n) is 3.65. The highest BCUT2D eigenvalue weighted by Gasteiger charge is 2.49. The van der Waals surface area contributed by atoms with Crippen molar-refractivity contribution >= 4 is 11.9 Å². The number of carbonyl (C=O) groups is 2. The summed E-state index contributed by atoms with van der Waals surface area (Å²) in [5, 5.41) is 17.9. The molecular weight excluding hydrogens is 188 g/mol. The summed E-state index contributed by atoms with van der Waals surface area (Å²) in [6, 6.07) is 0. The number of ether oxygens (including phenoxy) is 1. The van der Waals surface area contributed by atoms with Crippen LogP contribution in [0.15, 0.2) is 0 Å². The summed E-state index contributed by atoms with van der Waals surface area (Å²) in [6.07, 6.45) is 1.32. The third kappa shape index (κ3) is 1.72. The third-order valence-electron chi connectivity index (χ3n) is 2.86. The fourth-order valence-electron chi connectivity index (χ4n) is 1.91. The second kappa shape index (κ2) is 3.96. The Hall–Kier alpha value is -1.10. The van der Waals surface area contributed by atoms with Crippen LogP contribution in [0.25, 0.3) is 0 Å². The molecule has 2 N–H and O–H groups in total. The van der Waals surface area contributed by atoms with E-state index < -0.39 is 17.4 Å². The average Bonchev–Trinajstić information content (AvgIpc) is 2.17. The van der Waals surface area contributed by atoms with Crippen molar-refractivity contribution in [3.05, 3.63) is 0 Å². The van der Waals surface area contributed by atoms with Gasteiger partial charge in [-0.2, -0.15) is 0 Å². The lowest BCUT2D eigenvalue weighted by atomic mass is 9.73. The van der Waals surface area contributed by atoms with Crippen molar-refractivity contribution in [3.63, 3.8) is 0 Å². The first-order chi connectivity index (χ1) is 6.53. The summed E-state index contributed by atoms with van der Waals surface area (Å²) >= 11 is 0. The van der Waals surface area contributed by atoms with Gasteiger partial charge in [0.15, 0.2) is 5.41 Å². The van der Waals surface area contributed by atoms with Gasteiger partial charge < -0.3 is 14.9 Å². The number of carboxylic acids is 2. The predicted octanol–water partition coefficient (Wildman–Crippen LogP) is 0.731. The lowest BCUT2D eigenvalue weighted by Crippen LogP contribution is -2.45. The van der Waals surface area contributed by atoms with Gasteiger partial charge in [-0.05, 0) is 19.3 Å². The smallest absolute Gasteiger partial charge is 0.321 e. The van der Waals surface area contributed by atoms with Crippen molar-refractivity contribution in [2.75, 3.05) is 7.11 Å². The molecule has 80 valence electrons. The van der Waals surface area contributed by atoms with Crippen LogP contribution in [-0.4, -0.2) is 35.4 Å². The van der Waals surface area contributed by atoms with Crippen LogP contribution < -0.4 is 0 Å². The number of methoxy groups -OCH3 is 1. The molecule has 14 heavy (non-hydrogen) atoms. The molecule has 1 fully saturated rings. The summed E-state index contributed by atoms with van der Waals surface area (Å²) in [5.41, 5.74) is -1.64. The van der Waals surface area contributed by atoms with Crippen molar-refractivity contribution in [1.82, 2.24) is 0 Å². The topological polar surface area (TPSA) is 83.8 Å². The molecule has 1 aliphatic carbocycles. The molecular formula is C9H14O5. The Morgan fingerprint density at radius 2 is 1.93 bits per heavy atom. The molecule has 5 nitrogen and oxygen atoms in total. The van der Waals surface area contributed by atoms with Gasteiger partial charge in [0, 0.05) is 13.5 Å². The molecule has 0 radical (unpaired) electrons. The zero-order valence-corrected chi connectivity index (χ0v) is 8.02. The Kier molecular flexibility index (Phi) is 3.10. The number of hydrogen-bond donors (Lipinski definition) is 2. The minimum absolute atomic E-state index is 0.0637. The van der Waals surface area contributed by atoms with Crippen LogP contribution in [-0.2, 0) is 14.3 Å². The van der Waals surface area contributed by atoms with Gasteiger partial charge in [-0.3, -0.25) is 9.59 Å². The van der Waals surface area contributed by atoms with E-state index >= 15 is 0 Å². The molecule has 0 aliphatic heterocycles. The van der Waals surface area contributed by atoms with E-state index in [2.05, 4.69) is 0 Å². The predicted molar refractivity (Wildman–Crippen MR) is 47.0 cm³/mol. The van der Waals surface area contributed by atoms with E-state index in [1.807, 2.05) is 0 Å². The van der Waals surface area contributed by atoms with Gasteiger partial charge in [0.2, 0.25) is 0 Å². The van der Waals surface area contributed by atoms with Gasteiger partial charge in [-0.15, -0.1) is 0 Å². The highest BCUT2D eigenvalue weighted by Crippen LogP contribution is 2.38. The normalized spacial score (nSPS) is 25.6. The molecule has 0 saturated heterocycles. The number of hydrogen-bond acceptors (Lipinski definition) is 3. The lowest BCUT2D eigenvalue weighted by molar-refractivity contribution is -0.170. The lowest BCUT2D eigenvalue weighted by Gasteiger charge is -2.33. The zero-order valence-electron chi connectivity index (χ0n) is 8.02. The van der Waals surface area contributed by atoms with Gasteiger partial charge >= 0.3 is 11.9 Å².